The largest absolute Gasteiger partial charge is 0.326 e. The van der Waals surface area contributed by atoms with Crippen LogP contribution in [0.25, 0.3) is 10.9 Å². The van der Waals surface area contributed by atoms with Crippen molar-refractivity contribution in [2.24, 2.45) is 0 Å². The van der Waals surface area contributed by atoms with E-state index in [9.17, 15) is 14.4 Å². The lowest BCUT2D eigenvalue weighted by atomic mass is 10.2. The summed E-state index contributed by atoms with van der Waals surface area (Å²) in [5.74, 6) is -0.568. The van der Waals surface area contributed by atoms with Crippen molar-refractivity contribution in [2.75, 3.05) is 10.6 Å². The van der Waals surface area contributed by atoms with E-state index in [0.29, 0.717) is 11.4 Å². The molecule has 0 aliphatic carbocycles. The van der Waals surface area contributed by atoms with E-state index >= 15 is 0 Å². The smallest absolute Gasteiger partial charge is 0.231 e. The fraction of sp³-hybridized carbons (Fsp3) is 0.150. The summed E-state index contributed by atoms with van der Waals surface area (Å²) in [6.45, 7) is 1.42. The van der Waals surface area contributed by atoms with Gasteiger partial charge in [-0.2, -0.15) is 0 Å². The fourth-order valence-electron chi connectivity index (χ4n) is 2.74. The number of anilines is 2. The van der Waals surface area contributed by atoms with Crippen LogP contribution >= 0.6 is 0 Å². The molecule has 26 heavy (non-hydrogen) atoms. The van der Waals surface area contributed by atoms with Crippen LogP contribution in [0.2, 0.25) is 0 Å². The minimum atomic E-state index is -0.255. The van der Waals surface area contributed by atoms with Gasteiger partial charge in [-0.05, 0) is 30.3 Å². The molecule has 0 saturated heterocycles. The summed E-state index contributed by atoms with van der Waals surface area (Å²) in [7, 11) is 0. The van der Waals surface area contributed by atoms with Crippen molar-refractivity contribution in [3.63, 3.8) is 0 Å². The standard InChI is InChI=1S/C20H19N3O3/c1-14(24)21-16-6-4-7-17(13-16)22-19(25)9-10-20(26)23-12-11-15-5-2-3-8-18(15)23/h2-8,11-13H,9-10H2,1H3,(H,21,24)(H,22,25). The Balaban J connectivity index is 1.59. The van der Waals surface area contributed by atoms with E-state index in [1.54, 1.807) is 35.0 Å². The number of para-hydroxylation sites is 1. The van der Waals surface area contributed by atoms with E-state index < -0.39 is 0 Å². The molecule has 132 valence electrons. The van der Waals surface area contributed by atoms with Crippen molar-refractivity contribution in [1.29, 1.82) is 0 Å². The van der Waals surface area contributed by atoms with Crippen molar-refractivity contribution in [1.82, 2.24) is 4.57 Å². The number of rotatable bonds is 5. The number of hydrogen-bond donors (Lipinski definition) is 2. The minimum absolute atomic E-state index is 0.0791. The highest BCUT2D eigenvalue weighted by Crippen LogP contribution is 2.17. The highest BCUT2D eigenvalue weighted by Gasteiger charge is 2.11. The molecule has 2 amide bonds. The van der Waals surface area contributed by atoms with Crippen LogP contribution in [-0.4, -0.2) is 22.3 Å². The summed E-state index contributed by atoms with van der Waals surface area (Å²) >= 11 is 0. The Kier molecular flexibility index (Phi) is 5.12. The Bertz CT molecular complexity index is 975. The van der Waals surface area contributed by atoms with E-state index in [1.807, 2.05) is 30.3 Å². The van der Waals surface area contributed by atoms with Crippen molar-refractivity contribution in [3.8, 4) is 0 Å². The number of fused-ring (bicyclic) bond motifs is 1. The van der Waals surface area contributed by atoms with E-state index in [0.717, 1.165) is 10.9 Å². The molecule has 3 aromatic rings. The third-order valence-electron chi connectivity index (χ3n) is 3.90. The Morgan fingerprint density at radius 1 is 0.885 bits per heavy atom. The molecule has 0 unspecified atom stereocenters. The number of amides is 2. The van der Waals surface area contributed by atoms with Gasteiger partial charge < -0.3 is 10.6 Å². The molecule has 0 bridgehead atoms. The molecule has 0 saturated carbocycles. The van der Waals surface area contributed by atoms with Crippen LogP contribution in [0.15, 0.2) is 60.8 Å². The first-order valence-electron chi connectivity index (χ1n) is 8.30. The maximum atomic E-state index is 12.4. The summed E-state index contributed by atoms with van der Waals surface area (Å²) < 4.78 is 1.57. The van der Waals surface area contributed by atoms with Gasteiger partial charge in [-0.15, -0.1) is 0 Å². The van der Waals surface area contributed by atoms with E-state index in [-0.39, 0.29) is 30.6 Å². The Hall–Kier alpha value is -3.41. The molecule has 0 spiro atoms. The lowest BCUT2D eigenvalue weighted by Gasteiger charge is -2.08. The molecule has 1 heterocycles. The normalized spacial score (nSPS) is 10.5. The van der Waals surface area contributed by atoms with Crippen LogP contribution in [0.5, 0.6) is 0 Å². The summed E-state index contributed by atoms with van der Waals surface area (Å²) in [4.78, 5) is 35.6. The zero-order valence-corrected chi connectivity index (χ0v) is 14.4. The number of nitrogens with one attached hydrogen (secondary N) is 2. The molecule has 2 aromatic carbocycles. The van der Waals surface area contributed by atoms with Gasteiger partial charge in [0, 0.05) is 42.7 Å². The van der Waals surface area contributed by atoms with Gasteiger partial charge in [0.25, 0.3) is 0 Å². The molecule has 6 heteroatoms. The van der Waals surface area contributed by atoms with Crippen LogP contribution in [0.1, 0.15) is 24.6 Å². The Labute approximate surface area is 150 Å². The first-order valence-corrected chi connectivity index (χ1v) is 8.30. The number of nitrogens with zero attached hydrogens (tertiary/aromatic N) is 1. The van der Waals surface area contributed by atoms with Crippen LogP contribution in [0.4, 0.5) is 11.4 Å². The summed E-state index contributed by atoms with van der Waals surface area (Å²) in [6.07, 6.45) is 1.91. The average Bonchev–Trinajstić information content (AvgIpc) is 3.03. The molecular weight excluding hydrogens is 330 g/mol. The Morgan fingerprint density at radius 3 is 2.38 bits per heavy atom. The predicted octanol–water partition coefficient (Wildman–Crippen LogP) is 3.66. The van der Waals surface area contributed by atoms with E-state index in [1.165, 1.54) is 6.92 Å². The summed E-state index contributed by atoms with van der Waals surface area (Å²) in [5, 5.41) is 6.38. The predicted molar refractivity (Wildman–Crippen MR) is 101 cm³/mol. The zero-order valence-electron chi connectivity index (χ0n) is 14.4. The van der Waals surface area contributed by atoms with Gasteiger partial charge >= 0.3 is 0 Å². The molecule has 6 nitrogen and oxygen atoms in total. The summed E-state index contributed by atoms with van der Waals surface area (Å²) in [5.41, 5.74) is 2.01. The van der Waals surface area contributed by atoms with Gasteiger partial charge in [-0.25, -0.2) is 0 Å². The topological polar surface area (TPSA) is 80.2 Å². The maximum Gasteiger partial charge on any atom is 0.231 e. The van der Waals surface area contributed by atoms with E-state index in [2.05, 4.69) is 10.6 Å². The second kappa shape index (κ2) is 7.65. The minimum Gasteiger partial charge on any atom is -0.326 e. The molecule has 0 aliphatic rings. The highest BCUT2D eigenvalue weighted by molar-refractivity contribution is 5.97. The molecule has 0 aliphatic heterocycles. The molecular formula is C20H19N3O3. The van der Waals surface area contributed by atoms with Crippen molar-refractivity contribution in [2.45, 2.75) is 19.8 Å². The van der Waals surface area contributed by atoms with Crippen molar-refractivity contribution in [3.05, 3.63) is 60.8 Å². The first-order chi connectivity index (χ1) is 12.5. The molecule has 0 atom stereocenters. The SMILES string of the molecule is CC(=O)Nc1cccc(NC(=O)CCC(=O)n2ccc3ccccc32)c1. The van der Waals surface area contributed by atoms with Crippen LogP contribution in [0, 0.1) is 0 Å². The third kappa shape index (κ3) is 4.16. The van der Waals surface area contributed by atoms with Crippen LogP contribution in [-0.2, 0) is 9.59 Å². The van der Waals surface area contributed by atoms with E-state index in [4.69, 9.17) is 0 Å². The highest BCUT2D eigenvalue weighted by atomic mass is 16.2. The lowest BCUT2D eigenvalue weighted by Crippen LogP contribution is -2.16. The molecule has 3 rings (SSSR count). The second-order valence-corrected chi connectivity index (χ2v) is 5.95. The Morgan fingerprint density at radius 2 is 1.62 bits per heavy atom. The quantitative estimate of drug-likeness (QED) is 0.738. The molecule has 0 radical (unpaired) electrons. The van der Waals surface area contributed by atoms with Gasteiger partial charge in [0.15, 0.2) is 0 Å². The van der Waals surface area contributed by atoms with Gasteiger partial charge in [-0.1, -0.05) is 24.3 Å². The van der Waals surface area contributed by atoms with Crippen molar-refractivity contribution >= 4 is 40.0 Å². The monoisotopic (exact) mass is 349 g/mol. The second-order valence-electron chi connectivity index (χ2n) is 5.95. The van der Waals surface area contributed by atoms with Crippen molar-refractivity contribution < 1.29 is 14.4 Å². The molecule has 0 fully saturated rings. The van der Waals surface area contributed by atoms with Gasteiger partial charge in [0.2, 0.25) is 17.7 Å². The first kappa shape index (κ1) is 17.4. The summed E-state index contributed by atoms with van der Waals surface area (Å²) in [6, 6.07) is 16.3. The van der Waals surface area contributed by atoms with Gasteiger partial charge in [0.05, 0.1) is 5.52 Å². The molecule has 2 N–H and O–H groups in total. The van der Waals surface area contributed by atoms with Gasteiger partial charge in [-0.3, -0.25) is 19.0 Å². The number of carbonyl (C=O) groups is 3. The number of carbonyl (C=O) groups excluding carboxylic acids is 3. The zero-order chi connectivity index (χ0) is 18.5. The van der Waals surface area contributed by atoms with Crippen LogP contribution in [0.3, 0.4) is 0 Å². The fourth-order valence-corrected chi connectivity index (χ4v) is 2.74. The van der Waals surface area contributed by atoms with Gasteiger partial charge in [0.1, 0.15) is 0 Å². The number of hydrogen-bond acceptors (Lipinski definition) is 3. The third-order valence-corrected chi connectivity index (χ3v) is 3.90. The molecule has 1 aromatic heterocycles. The number of aromatic nitrogens is 1. The average molecular weight is 349 g/mol. The lowest BCUT2D eigenvalue weighted by molar-refractivity contribution is -0.116. The maximum absolute atomic E-state index is 12.4. The van der Waals surface area contributed by atoms with Crippen LogP contribution < -0.4 is 10.6 Å². The number of benzene rings is 2.